The first-order valence-corrected chi connectivity index (χ1v) is 11.4. The topological polar surface area (TPSA) is 92.4 Å². The van der Waals surface area contributed by atoms with E-state index < -0.39 is 5.91 Å². The molecule has 1 aromatic carbocycles. The largest absolute Gasteiger partial charge is 0.372 e. The van der Waals surface area contributed by atoms with Crippen LogP contribution in [0.5, 0.6) is 0 Å². The molecule has 162 valence electrons. The van der Waals surface area contributed by atoms with Gasteiger partial charge < -0.3 is 9.80 Å². The Hall–Kier alpha value is -2.94. The highest BCUT2D eigenvalue weighted by Gasteiger charge is 2.36. The van der Waals surface area contributed by atoms with E-state index in [1.807, 2.05) is 29.2 Å². The Morgan fingerprint density at radius 3 is 2.52 bits per heavy atom. The summed E-state index contributed by atoms with van der Waals surface area (Å²) in [5.41, 5.74) is 2.13. The molecular weight excluding hydrogens is 412 g/mol. The summed E-state index contributed by atoms with van der Waals surface area (Å²) in [5.74, 6) is -0.441. The minimum atomic E-state index is -0.459. The highest BCUT2D eigenvalue weighted by atomic mass is 32.2. The van der Waals surface area contributed by atoms with E-state index in [0.29, 0.717) is 10.2 Å². The monoisotopic (exact) mass is 438 g/mol. The average Bonchev–Trinajstić information content (AvgIpc) is 3.43. The van der Waals surface area contributed by atoms with E-state index in [-0.39, 0.29) is 23.7 Å². The normalized spacial score (nSPS) is 19.6. The molecule has 31 heavy (non-hydrogen) atoms. The van der Waals surface area contributed by atoms with E-state index in [1.165, 1.54) is 16.8 Å². The molecule has 0 aliphatic carbocycles. The Kier molecular flexibility index (Phi) is 6.22. The number of nitrogens with zero attached hydrogens (tertiary/aromatic N) is 5. The zero-order valence-corrected chi connectivity index (χ0v) is 18.6. The summed E-state index contributed by atoms with van der Waals surface area (Å²) in [6.07, 6.45) is 3.92. The molecule has 3 aliphatic heterocycles. The van der Waals surface area contributed by atoms with Gasteiger partial charge >= 0.3 is 0 Å². The van der Waals surface area contributed by atoms with Gasteiger partial charge in [0.15, 0.2) is 5.84 Å². The minimum absolute atomic E-state index is 0.0149. The van der Waals surface area contributed by atoms with Gasteiger partial charge in [-0.05, 0) is 62.2 Å². The molecule has 0 spiro atoms. The molecule has 1 fully saturated rings. The van der Waals surface area contributed by atoms with Gasteiger partial charge in [0.1, 0.15) is 5.04 Å². The lowest BCUT2D eigenvalue weighted by Crippen LogP contribution is -2.35. The number of nitrogens with one attached hydrogen (secondary N) is 1. The van der Waals surface area contributed by atoms with Crippen LogP contribution in [0.25, 0.3) is 6.08 Å². The van der Waals surface area contributed by atoms with Crippen molar-refractivity contribution in [1.29, 1.82) is 5.41 Å². The third-order valence-corrected chi connectivity index (χ3v) is 6.50. The number of amides is 2. The van der Waals surface area contributed by atoms with Crippen molar-refractivity contribution in [3.63, 3.8) is 0 Å². The summed E-state index contributed by atoms with van der Waals surface area (Å²) >= 11 is 1.19. The number of aliphatic imine (C=N–C) groups is 1. The Morgan fingerprint density at radius 1 is 1.19 bits per heavy atom. The molecule has 0 unspecified atom stereocenters. The maximum absolute atomic E-state index is 12.6. The predicted octanol–water partition coefficient (Wildman–Crippen LogP) is 3.16. The van der Waals surface area contributed by atoms with Gasteiger partial charge in [0.2, 0.25) is 11.1 Å². The number of carbonyl (C=O) groups excluding carboxylic acids is 2. The molecule has 1 saturated heterocycles. The number of hydrogen-bond acceptors (Lipinski definition) is 6. The van der Waals surface area contributed by atoms with Crippen molar-refractivity contribution < 1.29 is 9.59 Å². The van der Waals surface area contributed by atoms with Crippen LogP contribution in [-0.2, 0) is 9.59 Å². The van der Waals surface area contributed by atoms with Crippen molar-refractivity contribution in [2.24, 2.45) is 10.1 Å². The van der Waals surface area contributed by atoms with Crippen LogP contribution >= 0.6 is 11.8 Å². The summed E-state index contributed by atoms with van der Waals surface area (Å²) in [7, 11) is 0. The van der Waals surface area contributed by atoms with Crippen LogP contribution in [0.15, 0.2) is 39.9 Å². The smallest absolute Gasteiger partial charge is 0.283 e. The van der Waals surface area contributed by atoms with Crippen molar-refractivity contribution >= 4 is 51.4 Å². The minimum Gasteiger partial charge on any atom is -0.372 e. The fourth-order valence-electron chi connectivity index (χ4n) is 3.85. The molecule has 0 saturated carbocycles. The van der Waals surface area contributed by atoms with Crippen LogP contribution in [-0.4, -0.2) is 63.9 Å². The lowest BCUT2D eigenvalue weighted by molar-refractivity contribution is -0.128. The van der Waals surface area contributed by atoms with Gasteiger partial charge in [-0.2, -0.15) is 15.1 Å². The van der Waals surface area contributed by atoms with Crippen LogP contribution in [0.4, 0.5) is 5.69 Å². The van der Waals surface area contributed by atoms with Crippen molar-refractivity contribution in [3.8, 4) is 0 Å². The number of amidine groups is 2. The fourth-order valence-corrected chi connectivity index (χ4v) is 4.72. The van der Waals surface area contributed by atoms with E-state index >= 15 is 0 Å². The Bertz CT molecular complexity index is 988. The quantitative estimate of drug-likeness (QED) is 0.689. The number of thioether (sulfide) groups is 1. The number of likely N-dealkylation sites (tertiary alicyclic amines) is 1. The lowest BCUT2D eigenvalue weighted by atomic mass is 10.1. The lowest BCUT2D eigenvalue weighted by Gasteiger charge is -2.21. The molecule has 2 amide bonds. The Morgan fingerprint density at radius 2 is 1.87 bits per heavy atom. The first-order valence-electron chi connectivity index (χ1n) is 10.6. The summed E-state index contributed by atoms with van der Waals surface area (Å²) in [6.45, 7) is 7.64. The van der Waals surface area contributed by atoms with Gasteiger partial charge in [-0.3, -0.25) is 15.0 Å². The zero-order valence-electron chi connectivity index (χ0n) is 17.8. The molecule has 3 heterocycles. The molecule has 0 bridgehead atoms. The molecule has 0 atom stereocenters. The van der Waals surface area contributed by atoms with Gasteiger partial charge in [0, 0.05) is 31.9 Å². The number of rotatable bonds is 6. The molecule has 0 radical (unpaired) electrons. The third-order valence-electron chi connectivity index (χ3n) is 5.59. The number of hydrogen-bond donors (Lipinski definition) is 1. The summed E-state index contributed by atoms with van der Waals surface area (Å²) in [6, 6.07) is 7.89. The van der Waals surface area contributed by atoms with Crippen LogP contribution in [0, 0.1) is 5.41 Å². The number of hydrazone groups is 1. The molecule has 9 heteroatoms. The molecular formula is C22H26N6O2S. The van der Waals surface area contributed by atoms with Crippen LogP contribution < -0.4 is 4.90 Å². The second-order valence-corrected chi connectivity index (χ2v) is 8.58. The number of benzene rings is 1. The summed E-state index contributed by atoms with van der Waals surface area (Å²) in [5, 5.41) is 15.2. The summed E-state index contributed by atoms with van der Waals surface area (Å²) < 4.78 is 0. The van der Waals surface area contributed by atoms with Gasteiger partial charge in [-0.25, -0.2) is 0 Å². The first kappa shape index (κ1) is 21.3. The number of fused-ring (bicyclic) bond motifs is 1. The van der Waals surface area contributed by atoms with E-state index in [4.69, 9.17) is 5.41 Å². The van der Waals surface area contributed by atoms with Crippen molar-refractivity contribution in [1.82, 2.24) is 9.91 Å². The fraction of sp³-hybridized carbons (Fsp3) is 0.409. The third kappa shape index (κ3) is 4.41. The second-order valence-electron chi connectivity index (χ2n) is 7.54. The SMILES string of the molecule is CCN(CC)c1ccc(/C=C2/C(=N)N3N=C(CC(=O)N4CCCC4)SC3=NC2=O)cc1. The maximum Gasteiger partial charge on any atom is 0.283 e. The average molecular weight is 439 g/mol. The van der Waals surface area contributed by atoms with Crippen molar-refractivity contribution in [3.05, 3.63) is 35.4 Å². The second kappa shape index (κ2) is 9.05. The van der Waals surface area contributed by atoms with Gasteiger partial charge in [0.25, 0.3) is 5.91 Å². The van der Waals surface area contributed by atoms with E-state index in [9.17, 15) is 9.59 Å². The van der Waals surface area contributed by atoms with E-state index in [1.54, 1.807) is 6.08 Å². The molecule has 0 aromatic heterocycles. The standard InChI is InChI=1S/C22H26N6O2S/c1-3-26(4-2)16-9-7-15(8-10-16)13-17-20(23)28-22(24-21(17)30)31-18(25-28)14-19(29)27-11-5-6-12-27/h7-10,13,23H,3-6,11-12,14H2,1-2H3/b17-13-,23-20?. The molecule has 1 N–H and O–H groups in total. The summed E-state index contributed by atoms with van der Waals surface area (Å²) in [4.78, 5) is 33.2. The number of anilines is 1. The van der Waals surface area contributed by atoms with Crippen LogP contribution in [0.1, 0.15) is 38.7 Å². The van der Waals surface area contributed by atoms with E-state index in [2.05, 4.69) is 28.8 Å². The zero-order chi connectivity index (χ0) is 22.0. The van der Waals surface area contributed by atoms with Gasteiger partial charge in [-0.15, -0.1) is 0 Å². The van der Waals surface area contributed by atoms with Crippen LogP contribution in [0.3, 0.4) is 0 Å². The highest BCUT2D eigenvalue weighted by molar-refractivity contribution is 8.27. The van der Waals surface area contributed by atoms with Gasteiger partial charge in [-0.1, -0.05) is 12.1 Å². The van der Waals surface area contributed by atoms with Crippen molar-refractivity contribution in [2.75, 3.05) is 31.1 Å². The molecule has 3 aliphatic rings. The molecule has 1 aromatic rings. The van der Waals surface area contributed by atoms with Gasteiger partial charge in [0.05, 0.1) is 12.0 Å². The van der Waals surface area contributed by atoms with Crippen LogP contribution in [0.2, 0.25) is 0 Å². The van der Waals surface area contributed by atoms with Crippen molar-refractivity contribution in [2.45, 2.75) is 33.1 Å². The molecule has 4 rings (SSSR count). The first-order chi connectivity index (χ1) is 15.0. The highest BCUT2D eigenvalue weighted by Crippen LogP contribution is 2.30. The Labute approximate surface area is 186 Å². The molecule has 8 nitrogen and oxygen atoms in total. The number of carbonyl (C=O) groups is 2. The maximum atomic E-state index is 12.6. The Balaban J connectivity index is 1.50. The predicted molar refractivity (Wildman–Crippen MR) is 125 cm³/mol. The van der Waals surface area contributed by atoms with E-state index in [0.717, 1.165) is 50.3 Å².